The minimum atomic E-state index is -0.419. The average Bonchev–Trinajstić information content (AvgIpc) is 3.30. The molecule has 32 heavy (non-hydrogen) atoms. The second-order valence-corrected chi connectivity index (χ2v) is 8.14. The number of carbonyl (C=O) groups is 1. The third-order valence-corrected chi connectivity index (χ3v) is 5.98. The van der Waals surface area contributed by atoms with Gasteiger partial charge in [-0.15, -0.1) is 10.2 Å². The fraction of sp³-hybridized carbons (Fsp3) is 0.0400. The van der Waals surface area contributed by atoms with Gasteiger partial charge in [-0.1, -0.05) is 78.1 Å². The standard InChI is InChI=1S/C25H17N3O3S/c1-15-20(29)18-13-8-14-19(22(18)31-21(15)16-9-4-2-5-10-16)23(30)26-25-28-27-24(32-25)17-11-6-3-7-12-17/h2-14H,1H3,(H,26,28,30). The zero-order chi connectivity index (χ0) is 22.1. The molecule has 0 saturated carbocycles. The van der Waals surface area contributed by atoms with Gasteiger partial charge in [-0.05, 0) is 19.1 Å². The number of amides is 1. The summed E-state index contributed by atoms with van der Waals surface area (Å²) in [4.78, 5) is 26.1. The number of hydrogen-bond acceptors (Lipinski definition) is 6. The van der Waals surface area contributed by atoms with Gasteiger partial charge in [-0.3, -0.25) is 14.9 Å². The van der Waals surface area contributed by atoms with Gasteiger partial charge in [-0.25, -0.2) is 0 Å². The number of benzene rings is 3. The minimum Gasteiger partial charge on any atom is -0.455 e. The summed E-state index contributed by atoms with van der Waals surface area (Å²) in [6.07, 6.45) is 0. The van der Waals surface area contributed by atoms with Gasteiger partial charge < -0.3 is 4.42 Å². The molecule has 5 aromatic rings. The summed E-state index contributed by atoms with van der Waals surface area (Å²) >= 11 is 1.27. The summed E-state index contributed by atoms with van der Waals surface area (Å²) in [6.45, 7) is 1.73. The molecule has 0 aliphatic heterocycles. The first kappa shape index (κ1) is 19.8. The normalized spacial score (nSPS) is 10.9. The topological polar surface area (TPSA) is 85.1 Å². The Morgan fingerprint density at radius 1 is 0.875 bits per heavy atom. The molecule has 0 aliphatic rings. The lowest BCUT2D eigenvalue weighted by Gasteiger charge is -2.10. The van der Waals surface area contributed by atoms with Crippen LogP contribution >= 0.6 is 11.3 Å². The number of nitrogens with zero attached hydrogens (tertiary/aromatic N) is 2. The van der Waals surface area contributed by atoms with Gasteiger partial charge in [0, 0.05) is 16.7 Å². The molecule has 0 fully saturated rings. The number of hydrogen-bond donors (Lipinski definition) is 1. The van der Waals surface area contributed by atoms with Crippen LogP contribution in [-0.2, 0) is 0 Å². The molecule has 2 heterocycles. The van der Waals surface area contributed by atoms with Gasteiger partial charge in [0.05, 0.1) is 10.9 Å². The molecule has 7 heteroatoms. The number of anilines is 1. The van der Waals surface area contributed by atoms with Crippen molar-refractivity contribution in [3.8, 4) is 21.9 Å². The maximum absolute atomic E-state index is 13.1. The van der Waals surface area contributed by atoms with Crippen molar-refractivity contribution < 1.29 is 9.21 Å². The van der Waals surface area contributed by atoms with E-state index in [4.69, 9.17) is 4.42 Å². The first-order valence-corrected chi connectivity index (χ1v) is 10.8. The Kier molecular flexibility index (Phi) is 5.09. The van der Waals surface area contributed by atoms with Crippen molar-refractivity contribution in [2.24, 2.45) is 0 Å². The molecule has 0 unspecified atom stereocenters. The highest BCUT2D eigenvalue weighted by Gasteiger charge is 2.19. The van der Waals surface area contributed by atoms with Crippen LogP contribution in [0.15, 0.2) is 88.1 Å². The van der Waals surface area contributed by atoms with E-state index in [1.165, 1.54) is 11.3 Å². The maximum Gasteiger partial charge on any atom is 0.261 e. The Balaban J connectivity index is 1.54. The Labute approximate surface area is 187 Å². The lowest BCUT2D eigenvalue weighted by atomic mass is 10.0. The number of nitrogens with one attached hydrogen (secondary N) is 1. The molecule has 0 atom stereocenters. The molecule has 0 aliphatic carbocycles. The summed E-state index contributed by atoms with van der Waals surface area (Å²) in [5.41, 5.74) is 2.53. The monoisotopic (exact) mass is 439 g/mol. The molecule has 2 aromatic heterocycles. The van der Waals surface area contributed by atoms with Crippen molar-refractivity contribution in [1.29, 1.82) is 0 Å². The smallest absolute Gasteiger partial charge is 0.261 e. The average molecular weight is 439 g/mol. The predicted molar refractivity (Wildman–Crippen MR) is 126 cm³/mol. The Morgan fingerprint density at radius 2 is 1.56 bits per heavy atom. The molecule has 3 aromatic carbocycles. The molecular weight excluding hydrogens is 422 g/mol. The van der Waals surface area contributed by atoms with Crippen molar-refractivity contribution >= 4 is 33.3 Å². The highest BCUT2D eigenvalue weighted by Crippen LogP contribution is 2.29. The Hall–Kier alpha value is -4.10. The molecule has 0 bridgehead atoms. The third kappa shape index (κ3) is 3.59. The first-order valence-electron chi connectivity index (χ1n) is 9.94. The van der Waals surface area contributed by atoms with E-state index in [9.17, 15) is 9.59 Å². The van der Waals surface area contributed by atoms with E-state index < -0.39 is 5.91 Å². The summed E-state index contributed by atoms with van der Waals surface area (Å²) in [6, 6.07) is 24.0. The van der Waals surface area contributed by atoms with Crippen molar-refractivity contribution in [3.63, 3.8) is 0 Å². The van der Waals surface area contributed by atoms with Crippen LogP contribution < -0.4 is 10.7 Å². The molecule has 1 amide bonds. The number of aromatic nitrogens is 2. The van der Waals surface area contributed by atoms with Gasteiger partial charge in [0.15, 0.2) is 11.0 Å². The van der Waals surface area contributed by atoms with E-state index in [-0.39, 0.29) is 16.6 Å². The third-order valence-electron chi connectivity index (χ3n) is 5.09. The fourth-order valence-corrected chi connectivity index (χ4v) is 4.23. The SMILES string of the molecule is Cc1c(-c2ccccc2)oc2c(C(=O)Nc3nnc(-c4ccccc4)s3)cccc2c1=O. The minimum absolute atomic E-state index is 0.165. The number of carbonyl (C=O) groups excluding carboxylic acids is 1. The summed E-state index contributed by atoms with van der Waals surface area (Å²) in [5, 5.41) is 12.4. The van der Waals surface area contributed by atoms with Crippen LogP contribution in [0.4, 0.5) is 5.13 Å². The van der Waals surface area contributed by atoms with Gasteiger partial charge >= 0.3 is 0 Å². The van der Waals surface area contributed by atoms with E-state index >= 15 is 0 Å². The number of rotatable bonds is 4. The zero-order valence-corrected chi connectivity index (χ0v) is 17.8. The zero-order valence-electron chi connectivity index (χ0n) is 17.0. The predicted octanol–water partition coefficient (Wildman–Crippen LogP) is 5.54. The highest BCUT2D eigenvalue weighted by atomic mass is 32.1. The van der Waals surface area contributed by atoms with Crippen molar-refractivity contribution in [2.45, 2.75) is 6.92 Å². The van der Waals surface area contributed by atoms with Crippen molar-refractivity contribution in [1.82, 2.24) is 10.2 Å². The van der Waals surface area contributed by atoms with Gasteiger partial charge in [0.2, 0.25) is 5.13 Å². The van der Waals surface area contributed by atoms with Gasteiger partial charge in [0.1, 0.15) is 10.8 Å². The van der Waals surface area contributed by atoms with Crippen LogP contribution in [-0.4, -0.2) is 16.1 Å². The quantitative estimate of drug-likeness (QED) is 0.397. The van der Waals surface area contributed by atoms with Gasteiger partial charge in [0.25, 0.3) is 5.91 Å². The van der Waals surface area contributed by atoms with Crippen LogP contribution in [0.3, 0.4) is 0 Å². The molecule has 6 nitrogen and oxygen atoms in total. The summed E-state index contributed by atoms with van der Waals surface area (Å²) < 4.78 is 6.13. The molecule has 156 valence electrons. The van der Waals surface area contributed by atoms with Crippen LogP contribution in [0.1, 0.15) is 15.9 Å². The van der Waals surface area contributed by atoms with E-state index in [1.54, 1.807) is 25.1 Å². The lowest BCUT2D eigenvalue weighted by Crippen LogP contribution is -2.14. The second kappa shape index (κ2) is 8.20. The molecule has 0 radical (unpaired) electrons. The number of para-hydroxylation sites is 1. The molecule has 1 N–H and O–H groups in total. The van der Waals surface area contributed by atoms with Crippen LogP contribution in [0.25, 0.3) is 32.9 Å². The highest BCUT2D eigenvalue weighted by molar-refractivity contribution is 7.18. The van der Waals surface area contributed by atoms with Crippen molar-refractivity contribution in [2.75, 3.05) is 5.32 Å². The Bertz CT molecular complexity index is 1490. The molecular formula is C25H17N3O3S. The van der Waals surface area contributed by atoms with Crippen molar-refractivity contribution in [3.05, 3.63) is 100 Å². The van der Waals surface area contributed by atoms with E-state index in [2.05, 4.69) is 15.5 Å². The number of fused-ring (bicyclic) bond motifs is 1. The summed E-state index contributed by atoms with van der Waals surface area (Å²) in [7, 11) is 0. The molecule has 0 saturated heterocycles. The molecule has 0 spiro atoms. The van der Waals surface area contributed by atoms with Crippen LogP contribution in [0.2, 0.25) is 0 Å². The Morgan fingerprint density at radius 3 is 2.28 bits per heavy atom. The van der Waals surface area contributed by atoms with Gasteiger partial charge in [-0.2, -0.15) is 0 Å². The van der Waals surface area contributed by atoms with Crippen LogP contribution in [0.5, 0.6) is 0 Å². The van der Waals surface area contributed by atoms with E-state index in [0.29, 0.717) is 26.8 Å². The summed E-state index contributed by atoms with van der Waals surface area (Å²) in [5.74, 6) is 0.0306. The van der Waals surface area contributed by atoms with Crippen LogP contribution in [0, 0.1) is 6.92 Å². The molecule has 5 rings (SSSR count). The van der Waals surface area contributed by atoms with E-state index in [0.717, 1.165) is 11.1 Å². The first-order chi connectivity index (χ1) is 15.6. The van der Waals surface area contributed by atoms with E-state index in [1.807, 2.05) is 60.7 Å². The second-order valence-electron chi connectivity index (χ2n) is 7.17. The lowest BCUT2D eigenvalue weighted by molar-refractivity contribution is 0.102. The maximum atomic E-state index is 13.1. The fourth-order valence-electron chi connectivity index (χ4n) is 3.49. The largest absolute Gasteiger partial charge is 0.455 e.